The maximum atomic E-state index is 11.9. The van der Waals surface area contributed by atoms with Gasteiger partial charge in [0.15, 0.2) is 5.78 Å². The second kappa shape index (κ2) is 8.05. The molecule has 0 spiro atoms. The molecule has 0 heterocycles. The minimum absolute atomic E-state index is 0.0612. The maximum Gasteiger partial charge on any atom is 0.280 e. The molecule has 2 aromatic rings. The summed E-state index contributed by atoms with van der Waals surface area (Å²) in [4.78, 5) is 33.9. The van der Waals surface area contributed by atoms with Crippen molar-refractivity contribution in [3.05, 3.63) is 69.3 Å². The zero-order valence-corrected chi connectivity index (χ0v) is 14.0. The number of anilines is 1. The number of benzene rings is 2. The standard InChI is InChI=1S/C18H19N3O4/c1-3-19-18(23)14-6-4-5-13(9-14)11-20-15-7-8-17(21(24)25)16(10-15)12(2)22/h4-10,20H,3,11H2,1-2H3,(H,19,23). The number of carbonyl (C=O) groups is 2. The highest BCUT2D eigenvalue weighted by Gasteiger charge is 2.17. The van der Waals surface area contributed by atoms with Crippen LogP contribution in [0.2, 0.25) is 0 Å². The molecule has 0 radical (unpaired) electrons. The van der Waals surface area contributed by atoms with Crippen LogP contribution in [0.15, 0.2) is 42.5 Å². The highest BCUT2D eigenvalue weighted by molar-refractivity contribution is 5.99. The minimum Gasteiger partial charge on any atom is -0.381 e. The van der Waals surface area contributed by atoms with E-state index in [0.29, 0.717) is 24.3 Å². The molecule has 0 aliphatic heterocycles. The normalized spacial score (nSPS) is 10.2. The van der Waals surface area contributed by atoms with Gasteiger partial charge in [-0.3, -0.25) is 19.7 Å². The Morgan fingerprint density at radius 1 is 1.16 bits per heavy atom. The number of Topliss-reactive ketones (excluding diaryl/α,β-unsaturated/α-hetero) is 1. The molecule has 0 fully saturated rings. The first-order valence-corrected chi connectivity index (χ1v) is 7.82. The van der Waals surface area contributed by atoms with Crippen LogP contribution in [-0.2, 0) is 6.54 Å². The van der Waals surface area contributed by atoms with E-state index >= 15 is 0 Å². The summed E-state index contributed by atoms with van der Waals surface area (Å²) in [6.45, 7) is 4.12. The maximum absolute atomic E-state index is 11.9. The lowest BCUT2D eigenvalue weighted by atomic mass is 10.1. The fourth-order valence-electron chi connectivity index (χ4n) is 2.38. The second-order valence-corrected chi connectivity index (χ2v) is 5.46. The number of hydrogen-bond acceptors (Lipinski definition) is 5. The van der Waals surface area contributed by atoms with Crippen molar-refractivity contribution in [2.75, 3.05) is 11.9 Å². The Morgan fingerprint density at radius 3 is 2.56 bits per heavy atom. The van der Waals surface area contributed by atoms with E-state index in [1.165, 1.54) is 19.1 Å². The molecule has 0 aliphatic carbocycles. The Balaban J connectivity index is 2.15. The zero-order chi connectivity index (χ0) is 18.4. The van der Waals surface area contributed by atoms with Gasteiger partial charge in [0.1, 0.15) is 0 Å². The number of ketones is 1. The van der Waals surface area contributed by atoms with E-state index in [1.807, 2.05) is 13.0 Å². The molecule has 0 aliphatic rings. The third-order valence-corrected chi connectivity index (χ3v) is 3.60. The first-order valence-electron chi connectivity index (χ1n) is 7.82. The average Bonchev–Trinajstić information content (AvgIpc) is 2.60. The SMILES string of the molecule is CCNC(=O)c1cccc(CNc2ccc([N+](=O)[O-])c(C(C)=O)c2)c1. The van der Waals surface area contributed by atoms with E-state index in [9.17, 15) is 19.7 Å². The van der Waals surface area contributed by atoms with Gasteiger partial charge in [0.2, 0.25) is 0 Å². The lowest BCUT2D eigenvalue weighted by Gasteiger charge is -2.09. The Kier molecular flexibility index (Phi) is 5.84. The van der Waals surface area contributed by atoms with Crippen molar-refractivity contribution in [3.63, 3.8) is 0 Å². The van der Waals surface area contributed by atoms with E-state index in [2.05, 4.69) is 10.6 Å². The summed E-state index contributed by atoms with van der Waals surface area (Å²) in [6, 6.07) is 11.5. The number of carbonyl (C=O) groups excluding carboxylic acids is 2. The molecule has 0 atom stereocenters. The largest absolute Gasteiger partial charge is 0.381 e. The first-order chi connectivity index (χ1) is 11.9. The highest BCUT2D eigenvalue weighted by Crippen LogP contribution is 2.23. The van der Waals surface area contributed by atoms with Crippen LogP contribution in [0.3, 0.4) is 0 Å². The van der Waals surface area contributed by atoms with Crippen LogP contribution in [0, 0.1) is 10.1 Å². The van der Waals surface area contributed by atoms with Gasteiger partial charge in [-0.15, -0.1) is 0 Å². The van der Waals surface area contributed by atoms with Crippen molar-refractivity contribution >= 4 is 23.1 Å². The summed E-state index contributed by atoms with van der Waals surface area (Å²) < 4.78 is 0. The van der Waals surface area contributed by atoms with E-state index in [0.717, 1.165) is 5.56 Å². The fraction of sp³-hybridized carbons (Fsp3) is 0.222. The first kappa shape index (κ1) is 18.1. The van der Waals surface area contributed by atoms with Crippen LogP contribution in [0.1, 0.15) is 40.1 Å². The van der Waals surface area contributed by atoms with Crippen molar-refractivity contribution in [2.45, 2.75) is 20.4 Å². The van der Waals surface area contributed by atoms with Gasteiger partial charge < -0.3 is 10.6 Å². The van der Waals surface area contributed by atoms with Crippen LogP contribution >= 0.6 is 0 Å². The molecule has 0 saturated heterocycles. The smallest absolute Gasteiger partial charge is 0.280 e. The Hall–Kier alpha value is -3.22. The number of hydrogen-bond donors (Lipinski definition) is 2. The molecule has 7 nitrogen and oxygen atoms in total. The molecule has 130 valence electrons. The Bertz CT molecular complexity index is 818. The number of nitro groups is 1. The topological polar surface area (TPSA) is 101 Å². The third-order valence-electron chi connectivity index (χ3n) is 3.60. The van der Waals surface area contributed by atoms with Crippen LogP contribution in [0.5, 0.6) is 0 Å². The number of amides is 1. The van der Waals surface area contributed by atoms with Crippen molar-refractivity contribution in [3.8, 4) is 0 Å². The van der Waals surface area contributed by atoms with Crippen LogP contribution < -0.4 is 10.6 Å². The molecule has 2 aromatic carbocycles. The lowest BCUT2D eigenvalue weighted by molar-refractivity contribution is -0.385. The van der Waals surface area contributed by atoms with Crippen LogP contribution in [0.4, 0.5) is 11.4 Å². The molecule has 25 heavy (non-hydrogen) atoms. The fourth-order valence-corrected chi connectivity index (χ4v) is 2.38. The number of rotatable bonds is 7. The predicted octanol–water partition coefficient (Wildman–Crippen LogP) is 3.16. The van der Waals surface area contributed by atoms with Crippen molar-refractivity contribution in [1.29, 1.82) is 0 Å². The molecular weight excluding hydrogens is 322 g/mol. The molecule has 0 unspecified atom stereocenters. The summed E-state index contributed by atoms with van der Waals surface area (Å²) in [7, 11) is 0. The summed E-state index contributed by atoms with van der Waals surface area (Å²) in [6.07, 6.45) is 0. The number of nitrogens with zero attached hydrogens (tertiary/aromatic N) is 1. The third kappa shape index (κ3) is 4.63. The minimum atomic E-state index is -0.573. The van der Waals surface area contributed by atoms with Crippen molar-refractivity contribution in [1.82, 2.24) is 5.32 Å². The molecule has 0 aromatic heterocycles. The molecule has 1 amide bonds. The average molecular weight is 341 g/mol. The number of nitrogens with one attached hydrogen (secondary N) is 2. The molecule has 2 N–H and O–H groups in total. The Morgan fingerprint density at radius 2 is 1.92 bits per heavy atom. The van der Waals surface area contributed by atoms with Gasteiger partial charge >= 0.3 is 0 Å². The van der Waals surface area contributed by atoms with Gasteiger partial charge in [-0.25, -0.2) is 0 Å². The lowest BCUT2D eigenvalue weighted by Crippen LogP contribution is -2.22. The quantitative estimate of drug-likeness (QED) is 0.457. The molecule has 0 bridgehead atoms. The molecular formula is C18H19N3O4. The van der Waals surface area contributed by atoms with Gasteiger partial charge in [-0.2, -0.15) is 0 Å². The van der Waals surface area contributed by atoms with E-state index < -0.39 is 4.92 Å². The van der Waals surface area contributed by atoms with E-state index in [1.54, 1.807) is 24.3 Å². The van der Waals surface area contributed by atoms with Gasteiger partial charge in [-0.1, -0.05) is 12.1 Å². The van der Waals surface area contributed by atoms with Gasteiger partial charge in [0, 0.05) is 30.4 Å². The summed E-state index contributed by atoms with van der Waals surface area (Å²) in [5.41, 5.74) is 1.89. The van der Waals surface area contributed by atoms with Crippen molar-refractivity contribution < 1.29 is 14.5 Å². The predicted molar refractivity (Wildman–Crippen MR) is 94.9 cm³/mol. The summed E-state index contributed by atoms with van der Waals surface area (Å²) in [5.74, 6) is -0.507. The van der Waals surface area contributed by atoms with Gasteiger partial charge in [0.25, 0.3) is 11.6 Å². The zero-order valence-electron chi connectivity index (χ0n) is 14.0. The van der Waals surface area contributed by atoms with Crippen LogP contribution in [0.25, 0.3) is 0 Å². The molecule has 2 rings (SSSR count). The van der Waals surface area contributed by atoms with Crippen molar-refractivity contribution in [2.24, 2.45) is 0 Å². The summed E-state index contributed by atoms with van der Waals surface area (Å²) >= 11 is 0. The Labute approximate surface area is 145 Å². The molecule has 7 heteroatoms. The van der Waals surface area contributed by atoms with Gasteiger partial charge in [0.05, 0.1) is 10.5 Å². The highest BCUT2D eigenvalue weighted by atomic mass is 16.6. The monoisotopic (exact) mass is 341 g/mol. The summed E-state index contributed by atoms with van der Waals surface area (Å²) in [5, 5.41) is 16.8. The number of nitro benzene ring substituents is 1. The van der Waals surface area contributed by atoms with E-state index in [4.69, 9.17) is 0 Å². The van der Waals surface area contributed by atoms with E-state index in [-0.39, 0.29) is 22.9 Å². The van der Waals surface area contributed by atoms with Gasteiger partial charge in [-0.05, 0) is 43.7 Å². The van der Waals surface area contributed by atoms with Crippen LogP contribution in [-0.4, -0.2) is 23.2 Å². The molecule has 0 saturated carbocycles. The second-order valence-electron chi connectivity index (χ2n) is 5.46.